The van der Waals surface area contributed by atoms with E-state index in [0.717, 1.165) is 67.4 Å². The van der Waals surface area contributed by atoms with Crippen LogP contribution in [0.4, 0.5) is 4.79 Å². The van der Waals surface area contributed by atoms with Gasteiger partial charge in [-0.05, 0) is 57.0 Å². The number of aromatic carboxylic acids is 1. The van der Waals surface area contributed by atoms with Gasteiger partial charge in [0.05, 0.1) is 59.8 Å². The number of Topliss-reactive ketones (excluding diaryl/α,β-unsaturated/α-hetero) is 3. The Morgan fingerprint density at radius 1 is 0.446 bits per heavy atom. The number of thiazole rings is 4. The number of aliphatic carboxylic acids is 1. The van der Waals surface area contributed by atoms with E-state index >= 15 is 0 Å². The number of thiocarbonyl (C=S) groups is 1. The van der Waals surface area contributed by atoms with E-state index < -0.39 is 29.9 Å². The lowest BCUT2D eigenvalue weighted by Gasteiger charge is -2.14. The Morgan fingerprint density at radius 2 is 0.772 bits per heavy atom. The number of carbonyl (C=O) groups excluding carboxylic acids is 6. The van der Waals surface area contributed by atoms with Crippen LogP contribution in [0.1, 0.15) is 94.3 Å². The van der Waals surface area contributed by atoms with Gasteiger partial charge in [-0.15, -0.1) is 45.3 Å². The number of carboxylic acids is 2. The summed E-state index contributed by atoms with van der Waals surface area (Å²) >= 11 is 12.5. The number of amides is 1. The molecule has 7 aromatic carbocycles. The van der Waals surface area contributed by atoms with Gasteiger partial charge >= 0.3 is 30.0 Å². The van der Waals surface area contributed by atoms with E-state index in [9.17, 15) is 43.5 Å². The third-order valence-electron chi connectivity index (χ3n) is 13.6. The molecule has 11 aromatic rings. The number of carboxylic acid groups (broad SMARTS) is 2. The van der Waals surface area contributed by atoms with Crippen molar-refractivity contribution in [2.24, 2.45) is 17.6 Å². The average Bonchev–Trinajstić information content (AvgIpc) is 1.80. The first-order valence-corrected chi connectivity index (χ1v) is 36.3. The van der Waals surface area contributed by atoms with Crippen LogP contribution in [0, 0.1) is 11.8 Å². The maximum atomic E-state index is 12.7. The highest BCUT2D eigenvalue weighted by molar-refractivity contribution is 9.09. The molecule has 4 heterocycles. The molecule has 0 fully saturated rings. The van der Waals surface area contributed by atoms with Crippen LogP contribution in [0.15, 0.2) is 234 Å². The molecule has 2 unspecified atom stereocenters. The van der Waals surface area contributed by atoms with Crippen LogP contribution in [-0.2, 0) is 36.6 Å². The monoisotopic (exact) mass is 1510 g/mol. The molecule has 101 heavy (non-hydrogen) atoms. The number of alkyl carbamates (subject to hydrolysis) is 1. The largest absolute Gasteiger partial charge is 0.481 e. The van der Waals surface area contributed by atoms with Gasteiger partial charge < -0.3 is 30.2 Å². The van der Waals surface area contributed by atoms with Crippen LogP contribution in [0.2, 0.25) is 0 Å². The van der Waals surface area contributed by atoms with Gasteiger partial charge in [0.2, 0.25) is 10.0 Å². The van der Waals surface area contributed by atoms with E-state index in [0.29, 0.717) is 58.7 Å². The first kappa shape index (κ1) is 79.6. The lowest BCUT2D eigenvalue weighted by Crippen LogP contribution is -2.35. The minimum atomic E-state index is -0.975. The fourth-order valence-corrected chi connectivity index (χ4v) is 12.2. The summed E-state index contributed by atoms with van der Waals surface area (Å²) in [5, 5.41) is 29.2. The number of ether oxygens (including phenoxy) is 3. The Kier molecular flexibility index (Phi) is 34.6. The summed E-state index contributed by atoms with van der Waals surface area (Å²) in [5.74, 6) is -4.12. The van der Waals surface area contributed by atoms with Crippen LogP contribution in [0.5, 0.6) is 0 Å². The number of rotatable bonds is 23. The molecule has 520 valence electrons. The number of esters is 2. The lowest BCUT2D eigenvalue weighted by molar-refractivity contribution is -0.148. The predicted molar refractivity (Wildman–Crippen MR) is 404 cm³/mol. The highest BCUT2D eigenvalue weighted by Gasteiger charge is 2.27. The standard InChI is InChI=1S/C22H21NO3S.C20H17NO3S.C12H11NO2S.C10H7NO2S.C8H7BrO.C4H8N2O2S/c1-2-26-22(25)18(13-16-9-5-3-6-10-16)14-20(24)21-23-19(15-27-21)17-11-7-4-8-12-17;22-18(12-16(20(23)24)11-14-7-3-1-4-8-14)19-21-17(13-25-19)15-9-5-2-6-10-15;1-2-15-12(14)11-13-10(8-16-11)9-6-4-3-5-7-9;12-10(13)9-11-8(6-14-9)7-4-2-1-3-5-7;9-6-8(10)7-4-2-1-3-5-7;1-2-8-4(7)6-3(5)9/h3-12,15,18H,2,13-14H2,1H3;1-10,13,16H,11-12H2,(H,23,24);3-8H,2H2,1H3;1-6H,(H,12,13);1-5H,6H2;2H2,1H3,(H3,5,6,7,9). The summed E-state index contributed by atoms with van der Waals surface area (Å²) in [6, 6.07) is 66.9. The number of alkyl halides is 1. The number of nitrogens with zero attached hydrogens (tertiary/aromatic N) is 4. The van der Waals surface area contributed by atoms with Crippen LogP contribution in [0.25, 0.3) is 45.0 Å². The van der Waals surface area contributed by atoms with E-state index in [1.807, 2.05) is 228 Å². The van der Waals surface area contributed by atoms with Crippen LogP contribution in [0.3, 0.4) is 0 Å². The van der Waals surface area contributed by atoms with Gasteiger partial charge in [-0.1, -0.05) is 228 Å². The summed E-state index contributed by atoms with van der Waals surface area (Å²) in [6.07, 6.45) is 0.243. The molecule has 0 radical (unpaired) electrons. The summed E-state index contributed by atoms with van der Waals surface area (Å²) < 4.78 is 14.5. The molecule has 25 heteroatoms. The van der Waals surface area contributed by atoms with Crippen molar-refractivity contribution in [2.75, 3.05) is 25.2 Å². The number of carbonyl (C=O) groups is 8. The number of benzene rings is 7. The van der Waals surface area contributed by atoms with Gasteiger partial charge in [-0.3, -0.25) is 29.3 Å². The minimum Gasteiger partial charge on any atom is -0.481 e. The smallest absolute Gasteiger partial charge is 0.413 e. The maximum absolute atomic E-state index is 12.7. The molecule has 0 aliphatic rings. The van der Waals surface area contributed by atoms with E-state index in [1.54, 1.807) is 26.2 Å². The van der Waals surface area contributed by atoms with E-state index in [-0.39, 0.29) is 52.3 Å². The van der Waals surface area contributed by atoms with Crippen molar-refractivity contribution < 1.29 is 62.8 Å². The van der Waals surface area contributed by atoms with Crippen LogP contribution < -0.4 is 11.1 Å². The molecule has 11 rings (SSSR count). The molecule has 0 aliphatic heterocycles. The molecule has 0 saturated heterocycles. The predicted octanol–water partition coefficient (Wildman–Crippen LogP) is 16.9. The van der Waals surface area contributed by atoms with Crippen molar-refractivity contribution in [3.05, 3.63) is 271 Å². The molecule has 0 spiro atoms. The van der Waals surface area contributed by atoms with Crippen molar-refractivity contribution in [3.8, 4) is 45.0 Å². The Morgan fingerprint density at radius 3 is 1.12 bits per heavy atom. The van der Waals surface area contributed by atoms with Crippen LogP contribution >= 0.6 is 73.5 Å². The number of hydrogen-bond donors (Lipinski definition) is 4. The van der Waals surface area contributed by atoms with Gasteiger partial charge in [0.25, 0.3) is 0 Å². The fraction of sp³-hybridized carbons (Fsp3) is 0.171. The average molecular weight is 1520 g/mol. The maximum Gasteiger partial charge on any atom is 0.413 e. The summed E-state index contributed by atoms with van der Waals surface area (Å²) in [5.41, 5.74) is 14.5. The quantitative estimate of drug-likeness (QED) is 0.0152. The molecule has 4 aromatic heterocycles. The van der Waals surface area contributed by atoms with E-state index in [4.69, 9.17) is 20.3 Å². The fourth-order valence-electron chi connectivity index (χ4n) is 8.84. The van der Waals surface area contributed by atoms with Crippen molar-refractivity contribution in [1.29, 1.82) is 0 Å². The first-order chi connectivity index (χ1) is 48.9. The van der Waals surface area contributed by atoms with Crippen LogP contribution in [-0.4, -0.2) is 108 Å². The molecule has 2 atom stereocenters. The zero-order valence-electron chi connectivity index (χ0n) is 55.0. The zero-order valence-corrected chi connectivity index (χ0v) is 60.7. The van der Waals surface area contributed by atoms with Crippen molar-refractivity contribution >= 4 is 126 Å². The second kappa shape index (κ2) is 43.9. The number of nitrogens with two attached hydrogens (primary N) is 1. The highest BCUT2D eigenvalue weighted by atomic mass is 79.9. The molecular weight excluding hydrogens is 1450 g/mol. The van der Waals surface area contributed by atoms with Gasteiger partial charge in [0, 0.05) is 62.2 Å². The van der Waals surface area contributed by atoms with E-state index in [1.165, 1.54) is 34.0 Å². The molecule has 1 amide bonds. The van der Waals surface area contributed by atoms with Crippen molar-refractivity contribution in [1.82, 2.24) is 25.3 Å². The van der Waals surface area contributed by atoms with E-state index in [2.05, 4.69) is 58.1 Å². The Bertz CT molecular complexity index is 4380. The number of hydrogen-bond acceptors (Lipinski definition) is 20. The summed E-state index contributed by atoms with van der Waals surface area (Å²) in [4.78, 5) is 110. The molecule has 19 nitrogen and oxygen atoms in total. The van der Waals surface area contributed by atoms with Gasteiger partial charge in [-0.2, -0.15) is 0 Å². The SMILES string of the molecule is CCOC(=O)C(CC(=O)c1nc(-c2ccccc2)cs1)Cc1ccccc1.CCOC(=O)NC(N)=S.CCOC(=O)c1nc(-c2ccccc2)cs1.O=C(CBr)c1ccccc1.O=C(CC(Cc1ccccc1)C(=O)O)c1nc(-c2ccccc2)cs1.O=C(O)c1nc(-c2ccccc2)cs1. The molecule has 0 bridgehead atoms. The minimum absolute atomic E-state index is 0.0496. The first-order valence-electron chi connectivity index (χ1n) is 31.2. The third-order valence-corrected chi connectivity index (χ3v) is 17.6. The van der Waals surface area contributed by atoms with Gasteiger partial charge in [0.1, 0.15) is 0 Å². The van der Waals surface area contributed by atoms with Gasteiger partial charge in [-0.25, -0.2) is 34.3 Å². The Balaban J connectivity index is 0.000000199. The summed E-state index contributed by atoms with van der Waals surface area (Å²) in [6.45, 7) is 6.23. The highest BCUT2D eigenvalue weighted by Crippen LogP contribution is 2.28. The normalized spacial score (nSPS) is 10.7. The third kappa shape index (κ3) is 28.0. The Hall–Kier alpha value is -10.4. The number of ketones is 3. The topological polar surface area (TPSA) is 294 Å². The lowest BCUT2D eigenvalue weighted by atomic mass is 9.94. The number of halogens is 1. The summed E-state index contributed by atoms with van der Waals surface area (Å²) in [7, 11) is 0. The second-order valence-electron chi connectivity index (χ2n) is 20.9. The molecular formula is C76H71BrN6O13S5. The number of nitrogens with one attached hydrogen (secondary N) is 1. The van der Waals surface area contributed by atoms with Crippen molar-refractivity contribution in [2.45, 2.75) is 46.5 Å². The van der Waals surface area contributed by atoms with Gasteiger partial charge in [0.15, 0.2) is 32.5 Å². The molecule has 0 aliphatic carbocycles. The number of aromatic nitrogens is 4. The second-order valence-corrected chi connectivity index (χ2v) is 25.3. The van der Waals surface area contributed by atoms with Crippen molar-refractivity contribution in [3.63, 3.8) is 0 Å². The molecule has 0 saturated carbocycles. The molecule has 5 N–H and O–H groups in total. The zero-order chi connectivity index (χ0) is 72.7. The Labute approximate surface area is 614 Å².